The first-order valence-corrected chi connectivity index (χ1v) is 9.69. The van der Waals surface area contributed by atoms with E-state index in [1.807, 2.05) is 36.4 Å². The molecule has 1 aliphatic rings. The second-order valence-electron chi connectivity index (χ2n) is 7.00. The lowest BCUT2D eigenvalue weighted by atomic mass is 10.1. The summed E-state index contributed by atoms with van der Waals surface area (Å²) in [5, 5.41) is 17.2. The van der Waals surface area contributed by atoms with Crippen molar-refractivity contribution in [2.24, 2.45) is 5.16 Å². The van der Waals surface area contributed by atoms with Crippen LogP contribution in [0.25, 0.3) is 11.1 Å². The molecule has 4 rings (SSSR count). The Kier molecular flexibility index (Phi) is 5.77. The maximum absolute atomic E-state index is 11.0. The summed E-state index contributed by atoms with van der Waals surface area (Å²) in [6.07, 6.45) is -0.837. The van der Waals surface area contributed by atoms with Gasteiger partial charge in [0.25, 0.3) is 0 Å². The molecule has 0 unspecified atom stereocenters. The second-order valence-corrected chi connectivity index (χ2v) is 7.00. The number of carbonyl (C=O) groups is 1. The number of hydrogen-bond donors (Lipinski definition) is 2. The summed E-state index contributed by atoms with van der Waals surface area (Å²) < 4.78 is 5.57. The second kappa shape index (κ2) is 8.80. The van der Waals surface area contributed by atoms with E-state index in [9.17, 15) is 9.90 Å². The normalized spacial score (nSPS) is 12.5. The Hall–Kier alpha value is -3.64. The van der Waals surface area contributed by atoms with Gasteiger partial charge in [-0.05, 0) is 35.4 Å². The van der Waals surface area contributed by atoms with Crippen molar-refractivity contribution in [1.82, 2.24) is 0 Å². The minimum absolute atomic E-state index is 0.0117. The van der Waals surface area contributed by atoms with Gasteiger partial charge >= 0.3 is 0 Å². The van der Waals surface area contributed by atoms with Crippen LogP contribution in [-0.4, -0.2) is 36.0 Å². The number of benzene rings is 3. The molecule has 0 saturated heterocycles. The summed E-state index contributed by atoms with van der Waals surface area (Å²) in [5.41, 5.74) is 5.74. The van der Waals surface area contributed by atoms with Gasteiger partial charge in [-0.15, -0.1) is 0 Å². The molecule has 0 heterocycles. The average molecular weight is 402 g/mol. The van der Waals surface area contributed by atoms with Crippen molar-refractivity contribution in [2.45, 2.75) is 13.0 Å². The van der Waals surface area contributed by atoms with Crippen LogP contribution < -0.4 is 10.1 Å². The predicted octanol–water partition coefficient (Wildman–Crippen LogP) is 3.83. The standard InChI is InChI=1S/C24H22N2O4/c1-16(27)25-17-10-12-19(13-11-17)29-14-18(28)15-30-26-24-22-8-4-2-6-20(22)21-7-3-5-9-23(21)24/h2-13,18,28H,14-15H2,1H3,(H,25,27)/t18-/m1/s1. The lowest BCUT2D eigenvalue weighted by Gasteiger charge is -2.12. The van der Waals surface area contributed by atoms with E-state index in [1.54, 1.807) is 24.3 Å². The third kappa shape index (κ3) is 4.34. The lowest BCUT2D eigenvalue weighted by molar-refractivity contribution is -0.114. The topological polar surface area (TPSA) is 80.2 Å². The van der Waals surface area contributed by atoms with E-state index in [1.165, 1.54) is 6.92 Å². The summed E-state index contributed by atoms with van der Waals surface area (Å²) in [5.74, 6) is 0.457. The quantitative estimate of drug-likeness (QED) is 0.461. The van der Waals surface area contributed by atoms with Crippen LogP contribution in [0.3, 0.4) is 0 Å². The number of aliphatic hydroxyl groups is 1. The van der Waals surface area contributed by atoms with Crippen LogP contribution in [0.2, 0.25) is 0 Å². The van der Waals surface area contributed by atoms with E-state index in [2.05, 4.69) is 22.6 Å². The van der Waals surface area contributed by atoms with Crippen LogP contribution in [0, 0.1) is 0 Å². The van der Waals surface area contributed by atoms with Gasteiger partial charge in [0.1, 0.15) is 30.8 Å². The molecule has 1 aliphatic carbocycles. The maximum Gasteiger partial charge on any atom is 0.221 e. The van der Waals surface area contributed by atoms with Gasteiger partial charge in [0.2, 0.25) is 5.91 Å². The van der Waals surface area contributed by atoms with Crippen LogP contribution >= 0.6 is 0 Å². The average Bonchev–Trinajstić information content (AvgIpc) is 3.07. The molecule has 0 aliphatic heterocycles. The molecule has 152 valence electrons. The maximum atomic E-state index is 11.0. The molecule has 6 heteroatoms. The molecule has 6 nitrogen and oxygen atoms in total. The molecule has 3 aromatic rings. The zero-order valence-electron chi connectivity index (χ0n) is 16.5. The number of carbonyl (C=O) groups excluding carboxylic acids is 1. The molecule has 1 atom stereocenters. The van der Waals surface area contributed by atoms with Crippen LogP contribution in [0.5, 0.6) is 5.75 Å². The Morgan fingerprint density at radius 3 is 2.03 bits per heavy atom. The Morgan fingerprint density at radius 2 is 1.47 bits per heavy atom. The molecule has 3 aromatic carbocycles. The van der Waals surface area contributed by atoms with Crippen LogP contribution in [0.15, 0.2) is 78.0 Å². The van der Waals surface area contributed by atoms with Gasteiger partial charge in [-0.1, -0.05) is 53.7 Å². The van der Waals surface area contributed by atoms with Gasteiger partial charge < -0.3 is 20.0 Å². The molecule has 30 heavy (non-hydrogen) atoms. The van der Waals surface area contributed by atoms with E-state index in [0.29, 0.717) is 11.4 Å². The van der Waals surface area contributed by atoms with Crippen LogP contribution in [0.4, 0.5) is 5.69 Å². The Balaban J connectivity index is 1.34. The number of hydrogen-bond acceptors (Lipinski definition) is 5. The Morgan fingerprint density at radius 1 is 0.900 bits per heavy atom. The van der Waals surface area contributed by atoms with Crippen molar-refractivity contribution >= 4 is 17.3 Å². The summed E-state index contributed by atoms with van der Waals surface area (Å²) in [4.78, 5) is 16.5. The van der Waals surface area contributed by atoms with Crippen molar-refractivity contribution in [3.63, 3.8) is 0 Å². The lowest BCUT2D eigenvalue weighted by Crippen LogP contribution is -2.22. The van der Waals surface area contributed by atoms with Gasteiger partial charge in [-0.3, -0.25) is 4.79 Å². The van der Waals surface area contributed by atoms with E-state index in [0.717, 1.165) is 28.0 Å². The fourth-order valence-electron chi connectivity index (χ4n) is 3.36. The van der Waals surface area contributed by atoms with Crippen molar-refractivity contribution < 1.29 is 19.5 Å². The van der Waals surface area contributed by atoms with Gasteiger partial charge in [0, 0.05) is 23.7 Å². The zero-order chi connectivity index (χ0) is 20.9. The highest BCUT2D eigenvalue weighted by Crippen LogP contribution is 2.36. The molecule has 0 bridgehead atoms. The number of nitrogens with one attached hydrogen (secondary N) is 1. The number of fused-ring (bicyclic) bond motifs is 3. The highest BCUT2D eigenvalue weighted by molar-refractivity contribution is 6.24. The third-order valence-electron chi connectivity index (χ3n) is 4.69. The number of anilines is 1. The van der Waals surface area contributed by atoms with Gasteiger partial charge in [0.05, 0.1) is 0 Å². The smallest absolute Gasteiger partial charge is 0.221 e. The molecule has 0 aromatic heterocycles. The molecule has 0 fully saturated rings. The number of rotatable bonds is 7. The first-order valence-electron chi connectivity index (χ1n) is 9.69. The molecule has 2 N–H and O–H groups in total. The van der Waals surface area contributed by atoms with Crippen LogP contribution in [0.1, 0.15) is 18.1 Å². The fraction of sp³-hybridized carbons (Fsp3) is 0.167. The van der Waals surface area contributed by atoms with Gasteiger partial charge in [-0.25, -0.2) is 0 Å². The van der Waals surface area contributed by atoms with Crippen molar-refractivity contribution in [3.05, 3.63) is 83.9 Å². The monoisotopic (exact) mass is 402 g/mol. The molecule has 0 saturated carbocycles. The largest absolute Gasteiger partial charge is 0.491 e. The molecule has 0 radical (unpaired) electrons. The Bertz CT molecular complexity index is 1030. The number of aliphatic hydroxyl groups excluding tert-OH is 1. The summed E-state index contributed by atoms with van der Waals surface area (Å²) in [7, 11) is 0. The van der Waals surface area contributed by atoms with Crippen molar-refractivity contribution in [3.8, 4) is 16.9 Å². The summed E-state index contributed by atoms with van der Waals surface area (Å²) >= 11 is 0. The van der Waals surface area contributed by atoms with Crippen molar-refractivity contribution in [1.29, 1.82) is 0 Å². The highest BCUT2D eigenvalue weighted by Gasteiger charge is 2.24. The minimum atomic E-state index is -0.837. The predicted molar refractivity (Wildman–Crippen MR) is 116 cm³/mol. The molecule has 0 spiro atoms. The van der Waals surface area contributed by atoms with Crippen LogP contribution in [-0.2, 0) is 9.63 Å². The summed E-state index contributed by atoms with van der Waals surface area (Å²) in [6.45, 7) is 1.53. The SMILES string of the molecule is CC(=O)Nc1ccc(OC[C@@H](O)CON=C2c3ccccc3-c3ccccc32)cc1. The molecule has 1 amide bonds. The first kappa shape index (κ1) is 19.7. The van der Waals surface area contributed by atoms with Crippen molar-refractivity contribution in [2.75, 3.05) is 18.5 Å². The molecular formula is C24H22N2O4. The highest BCUT2D eigenvalue weighted by atomic mass is 16.6. The number of oxime groups is 1. The van der Waals surface area contributed by atoms with E-state index < -0.39 is 6.10 Å². The number of ether oxygens (including phenoxy) is 1. The zero-order valence-corrected chi connectivity index (χ0v) is 16.5. The van der Waals surface area contributed by atoms with E-state index in [4.69, 9.17) is 9.57 Å². The van der Waals surface area contributed by atoms with Gasteiger partial charge in [0.15, 0.2) is 0 Å². The van der Waals surface area contributed by atoms with E-state index >= 15 is 0 Å². The summed E-state index contributed by atoms with van der Waals surface area (Å²) in [6, 6.07) is 23.0. The minimum Gasteiger partial charge on any atom is -0.491 e. The van der Waals surface area contributed by atoms with E-state index in [-0.39, 0.29) is 19.1 Å². The first-order chi connectivity index (χ1) is 14.6. The van der Waals surface area contributed by atoms with Gasteiger partial charge in [-0.2, -0.15) is 0 Å². The number of amides is 1. The molecular weight excluding hydrogens is 380 g/mol. The fourth-order valence-corrected chi connectivity index (χ4v) is 3.36. The third-order valence-corrected chi connectivity index (χ3v) is 4.69. The Labute approximate surface area is 174 Å². The number of nitrogens with zero attached hydrogens (tertiary/aromatic N) is 1.